The topological polar surface area (TPSA) is 39.6 Å². The standard InChI is InChI=1S/C13H8ClF3N2S/c1-20-11-9(6-18)10(19-12(11)13(15,16)17)7-2-4-8(14)5-3-7/h2-5,19H,1H3. The van der Waals surface area contributed by atoms with E-state index in [0.717, 1.165) is 11.8 Å². The van der Waals surface area contributed by atoms with Gasteiger partial charge in [-0.15, -0.1) is 11.8 Å². The van der Waals surface area contributed by atoms with Crippen LogP contribution in [0.15, 0.2) is 29.2 Å². The van der Waals surface area contributed by atoms with Gasteiger partial charge >= 0.3 is 6.18 Å². The number of H-pyrrole nitrogens is 1. The normalized spacial score (nSPS) is 11.4. The molecule has 0 aliphatic carbocycles. The van der Waals surface area contributed by atoms with E-state index in [2.05, 4.69) is 4.98 Å². The van der Waals surface area contributed by atoms with E-state index in [1.165, 1.54) is 6.26 Å². The highest BCUT2D eigenvalue weighted by Gasteiger charge is 2.38. The quantitative estimate of drug-likeness (QED) is 0.796. The first-order valence-corrected chi connectivity index (χ1v) is 7.02. The fourth-order valence-electron chi connectivity index (χ4n) is 1.83. The molecule has 0 radical (unpaired) electrons. The molecule has 1 heterocycles. The first-order chi connectivity index (χ1) is 9.38. The molecule has 0 aliphatic heterocycles. The molecule has 2 rings (SSSR count). The zero-order valence-electron chi connectivity index (χ0n) is 10.2. The molecule has 0 amide bonds. The van der Waals surface area contributed by atoms with Crippen molar-refractivity contribution in [1.29, 1.82) is 5.26 Å². The van der Waals surface area contributed by atoms with Crippen LogP contribution in [-0.2, 0) is 6.18 Å². The maximum atomic E-state index is 13.0. The molecule has 0 atom stereocenters. The van der Waals surface area contributed by atoms with Crippen LogP contribution in [0.2, 0.25) is 5.02 Å². The molecule has 0 saturated carbocycles. The Kier molecular flexibility index (Phi) is 4.02. The van der Waals surface area contributed by atoms with Crippen LogP contribution in [0, 0.1) is 11.3 Å². The number of aromatic amines is 1. The Balaban J connectivity index is 2.68. The van der Waals surface area contributed by atoms with Crippen LogP contribution in [0.1, 0.15) is 11.3 Å². The third-order valence-corrected chi connectivity index (χ3v) is 3.75. The van der Waals surface area contributed by atoms with Gasteiger partial charge in [0.25, 0.3) is 0 Å². The van der Waals surface area contributed by atoms with Crippen molar-refractivity contribution >= 4 is 23.4 Å². The summed E-state index contributed by atoms with van der Waals surface area (Å²) < 4.78 is 38.9. The van der Waals surface area contributed by atoms with E-state index in [4.69, 9.17) is 16.9 Å². The van der Waals surface area contributed by atoms with Crippen LogP contribution in [0.3, 0.4) is 0 Å². The lowest BCUT2D eigenvalue weighted by Gasteiger charge is -2.05. The average molecular weight is 317 g/mol. The number of benzene rings is 1. The number of nitrogens with zero attached hydrogens (tertiary/aromatic N) is 1. The maximum Gasteiger partial charge on any atom is 0.432 e. The molecule has 1 N–H and O–H groups in total. The first kappa shape index (κ1) is 14.8. The maximum absolute atomic E-state index is 13.0. The van der Waals surface area contributed by atoms with Gasteiger partial charge in [-0.25, -0.2) is 0 Å². The average Bonchev–Trinajstić information content (AvgIpc) is 2.77. The fraction of sp³-hybridized carbons (Fsp3) is 0.154. The second kappa shape index (κ2) is 5.43. The van der Waals surface area contributed by atoms with Crippen molar-refractivity contribution in [3.63, 3.8) is 0 Å². The molecule has 1 aromatic heterocycles. The summed E-state index contributed by atoms with van der Waals surface area (Å²) in [5.41, 5.74) is -0.267. The van der Waals surface area contributed by atoms with E-state index in [1.807, 2.05) is 6.07 Å². The van der Waals surface area contributed by atoms with Crippen molar-refractivity contribution in [2.24, 2.45) is 0 Å². The highest BCUT2D eigenvalue weighted by Crippen LogP contribution is 2.41. The lowest BCUT2D eigenvalue weighted by Crippen LogP contribution is -2.06. The lowest BCUT2D eigenvalue weighted by atomic mass is 10.1. The van der Waals surface area contributed by atoms with E-state index in [1.54, 1.807) is 24.3 Å². The Morgan fingerprint density at radius 1 is 1.25 bits per heavy atom. The Morgan fingerprint density at radius 3 is 2.30 bits per heavy atom. The molecule has 0 aliphatic rings. The Bertz CT molecular complexity index is 669. The Hall–Kier alpha value is -1.58. The largest absolute Gasteiger partial charge is 0.432 e. The van der Waals surface area contributed by atoms with E-state index >= 15 is 0 Å². The molecule has 0 spiro atoms. The number of nitriles is 1. The van der Waals surface area contributed by atoms with Gasteiger partial charge in [0.1, 0.15) is 11.8 Å². The summed E-state index contributed by atoms with van der Waals surface area (Å²) in [6.07, 6.45) is -3.03. The molecule has 1 aromatic carbocycles. The third kappa shape index (κ3) is 2.65. The number of thioether (sulfide) groups is 1. The number of rotatable bonds is 2. The molecule has 0 bridgehead atoms. The van der Waals surface area contributed by atoms with Crippen molar-refractivity contribution in [1.82, 2.24) is 4.98 Å². The molecule has 2 nitrogen and oxygen atoms in total. The van der Waals surface area contributed by atoms with Crippen LogP contribution in [0.25, 0.3) is 11.3 Å². The second-order valence-corrected chi connectivity index (χ2v) is 5.15. The van der Waals surface area contributed by atoms with Crippen molar-refractivity contribution < 1.29 is 13.2 Å². The highest BCUT2D eigenvalue weighted by atomic mass is 35.5. The Labute approximate surface area is 122 Å². The van der Waals surface area contributed by atoms with E-state index in [0.29, 0.717) is 10.6 Å². The molecule has 20 heavy (non-hydrogen) atoms. The number of hydrogen-bond acceptors (Lipinski definition) is 2. The predicted octanol–water partition coefficient (Wildman–Crippen LogP) is 4.95. The van der Waals surface area contributed by atoms with Crippen molar-refractivity contribution in [3.05, 3.63) is 40.5 Å². The molecule has 104 valence electrons. The summed E-state index contributed by atoms with van der Waals surface area (Å²) in [6.45, 7) is 0. The van der Waals surface area contributed by atoms with Gasteiger partial charge in [0.2, 0.25) is 0 Å². The van der Waals surface area contributed by atoms with Gasteiger partial charge in [-0.3, -0.25) is 0 Å². The SMILES string of the molecule is CSc1c(C(F)(F)F)[nH]c(-c2ccc(Cl)cc2)c1C#N. The summed E-state index contributed by atoms with van der Waals surface area (Å²) in [5, 5.41) is 9.62. The zero-order chi connectivity index (χ0) is 14.9. The van der Waals surface area contributed by atoms with Crippen LogP contribution < -0.4 is 0 Å². The van der Waals surface area contributed by atoms with Crippen LogP contribution in [-0.4, -0.2) is 11.2 Å². The summed E-state index contributed by atoms with van der Waals surface area (Å²) in [6, 6.07) is 8.09. The van der Waals surface area contributed by atoms with Crippen molar-refractivity contribution in [2.75, 3.05) is 6.26 Å². The van der Waals surface area contributed by atoms with Gasteiger partial charge in [0.05, 0.1) is 16.2 Å². The lowest BCUT2D eigenvalue weighted by molar-refractivity contribution is -0.142. The van der Waals surface area contributed by atoms with Crippen molar-refractivity contribution in [3.8, 4) is 17.3 Å². The first-order valence-electron chi connectivity index (χ1n) is 5.41. The minimum Gasteiger partial charge on any atom is -0.349 e. The predicted molar refractivity (Wildman–Crippen MR) is 72.7 cm³/mol. The third-order valence-electron chi connectivity index (χ3n) is 2.69. The molecule has 0 saturated heterocycles. The number of aromatic nitrogens is 1. The minimum absolute atomic E-state index is 0.00727. The zero-order valence-corrected chi connectivity index (χ0v) is 11.7. The van der Waals surface area contributed by atoms with Gasteiger partial charge in [0, 0.05) is 5.02 Å². The number of halogens is 4. The van der Waals surface area contributed by atoms with Crippen LogP contribution >= 0.6 is 23.4 Å². The van der Waals surface area contributed by atoms with Gasteiger partial charge in [0.15, 0.2) is 0 Å². The summed E-state index contributed by atoms with van der Waals surface area (Å²) >= 11 is 6.64. The van der Waals surface area contributed by atoms with E-state index in [-0.39, 0.29) is 16.2 Å². The molecule has 7 heteroatoms. The van der Waals surface area contributed by atoms with Gasteiger partial charge in [-0.05, 0) is 24.0 Å². The molecular formula is C13H8ClF3N2S. The monoisotopic (exact) mass is 316 g/mol. The number of hydrogen-bond donors (Lipinski definition) is 1. The fourth-order valence-corrected chi connectivity index (χ4v) is 2.67. The smallest absolute Gasteiger partial charge is 0.349 e. The van der Waals surface area contributed by atoms with Gasteiger partial charge in [-0.1, -0.05) is 23.7 Å². The van der Waals surface area contributed by atoms with E-state index < -0.39 is 11.9 Å². The summed E-state index contributed by atoms with van der Waals surface area (Å²) in [5.74, 6) is 0. The molecule has 0 unspecified atom stereocenters. The summed E-state index contributed by atoms with van der Waals surface area (Å²) in [7, 11) is 0. The highest BCUT2D eigenvalue weighted by molar-refractivity contribution is 7.98. The van der Waals surface area contributed by atoms with Crippen molar-refractivity contribution in [2.45, 2.75) is 11.1 Å². The second-order valence-electron chi connectivity index (χ2n) is 3.90. The van der Waals surface area contributed by atoms with E-state index in [9.17, 15) is 13.2 Å². The van der Waals surface area contributed by atoms with Gasteiger partial charge < -0.3 is 4.98 Å². The number of alkyl halides is 3. The van der Waals surface area contributed by atoms with Crippen LogP contribution in [0.5, 0.6) is 0 Å². The van der Waals surface area contributed by atoms with Gasteiger partial charge in [-0.2, -0.15) is 18.4 Å². The molecule has 0 fully saturated rings. The van der Waals surface area contributed by atoms with Crippen LogP contribution in [0.4, 0.5) is 13.2 Å². The molecule has 2 aromatic rings. The molecular weight excluding hydrogens is 309 g/mol. The minimum atomic E-state index is -4.53. The Morgan fingerprint density at radius 2 is 1.85 bits per heavy atom. The summed E-state index contributed by atoms with van der Waals surface area (Å²) in [4.78, 5) is 2.22. The number of nitrogens with one attached hydrogen (secondary N) is 1.